The molecule has 16 nitrogen and oxygen atoms in total. The van der Waals surface area contributed by atoms with Gasteiger partial charge < -0.3 is 54.7 Å². The molecule has 15 N–H and O–H groups in total. The second kappa shape index (κ2) is 18.1. The van der Waals surface area contributed by atoms with Gasteiger partial charge in [-0.05, 0) is 56.7 Å². The van der Waals surface area contributed by atoms with Crippen LogP contribution in [0.4, 0.5) is 0 Å². The van der Waals surface area contributed by atoms with Crippen LogP contribution in [0, 0.1) is 0 Å². The van der Waals surface area contributed by atoms with Gasteiger partial charge in [0.15, 0.2) is 5.96 Å². The predicted octanol–water partition coefficient (Wildman–Crippen LogP) is -1.98. The fourth-order valence-corrected chi connectivity index (χ4v) is 4.51. The molecule has 44 heavy (non-hydrogen) atoms. The molecule has 0 aliphatic rings. The molecule has 242 valence electrons. The summed E-state index contributed by atoms with van der Waals surface area (Å²) in [5.74, 6) is -4.10. The summed E-state index contributed by atoms with van der Waals surface area (Å²) in [6.45, 7) is 0.522. The van der Waals surface area contributed by atoms with Crippen molar-refractivity contribution < 1.29 is 29.1 Å². The zero-order valence-electron chi connectivity index (χ0n) is 24.6. The van der Waals surface area contributed by atoms with Crippen LogP contribution < -0.4 is 44.6 Å². The Morgan fingerprint density at radius 3 is 2.07 bits per heavy atom. The van der Waals surface area contributed by atoms with Crippen LogP contribution in [-0.2, 0) is 30.4 Å². The van der Waals surface area contributed by atoms with Crippen molar-refractivity contribution in [2.75, 3.05) is 13.1 Å². The van der Waals surface area contributed by atoms with Gasteiger partial charge in [-0.15, -0.1) is 0 Å². The summed E-state index contributed by atoms with van der Waals surface area (Å²) in [5.41, 5.74) is 28.9. The largest absolute Gasteiger partial charge is 0.480 e. The fourth-order valence-electron chi connectivity index (χ4n) is 4.51. The van der Waals surface area contributed by atoms with Gasteiger partial charge in [-0.3, -0.25) is 24.2 Å². The summed E-state index contributed by atoms with van der Waals surface area (Å²) in [6, 6.07) is 2.70. The summed E-state index contributed by atoms with van der Waals surface area (Å²) in [5, 5.41) is 18.5. The Labute approximate surface area is 254 Å². The van der Waals surface area contributed by atoms with E-state index in [0.717, 1.165) is 10.9 Å². The highest BCUT2D eigenvalue weighted by Crippen LogP contribution is 2.19. The number of nitrogens with one attached hydrogen (secondary N) is 4. The van der Waals surface area contributed by atoms with Gasteiger partial charge in [0.1, 0.15) is 18.1 Å². The smallest absolute Gasteiger partial charge is 0.326 e. The highest BCUT2D eigenvalue weighted by atomic mass is 16.4. The first-order valence-electron chi connectivity index (χ1n) is 14.4. The number of hydrogen-bond acceptors (Lipinski definition) is 8. The van der Waals surface area contributed by atoms with E-state index in [1.54, 1.807) is 6.20 Å². The van der Waals surface area contributed by atoms with Crippen molar-refractivity contribution in [3.63, 3.8) is 0 Å². The molecule has 4 amide bonds. The van der Waals surface area contributed by atoms with E-state index in [1.165, 1.54) is 0 Å². The number of carbonyl (C=O) groups is 5. The molecule has 0 saturated heterocycles. The van der Waals surface area contributed by atoms with E-state index >= 15 is 0 Å². The molecule has 0 aliphatic heterocycles. The number of unbranched alkanes of at least 4 members (excludes halogenated alkanes) is 1. The van der Waals surface area contributed by atoms with Crippen LogP contribution in [0.15, 0.2) is 35.5 Å². The first-order valence-corrected chi connectivity index (χ1v) is 14.4. The Morgan fingerprint density at radius 1 is 0.841 bits per heavy atom. The number of guanidine groups is 1. The molecule has 16 heteroatoms. The number of primary amides is 1. The topological polar surface area (TPSA) is 300 Å². The molecule has 0 radical (unpaired) electrons. The molecule has 2 rings (SSSR count). The number of aromatic amines is 1. The van der Waals surface area contributed by atoms with E-state index in [-0.39, 0.29) is 51.0 Å². The van der Waals surface area contributed by atoms with Gasteiger partial charge in [0.2, 0.25) is 23.6 Å². The predicted molar refractivity (Wildman–Crippen MR) is 165 cm³/mol. The number of fused-ring (bicyclic) bond motifs is 1. The van der Waals surface area contributed by atoms with Gasteiger partial charge in [0.05, 0.1) is 6.04 Å². The summed E-state index contributed by atoms with van der Waals surface area (Å²) in [7, 11) is 0. The quantitative estimate of drug-likeness (QED) is 0.0444. The van der Waals surface area contributed by atoms with Crippen LogP contribution in [0.25, 0.3) is 10.9 Å². The standard InChI is InChI=1S/C28H44N10O6/c29-12-4-3-8-20(36-24(40)18(30)10-11-23(31)39)25(41)37-21(9-5-13-34-28(32)33)26(42)38-22(27(43)44)14-16-15-35-19-7-2-1-6-17(16)19/h1-2,6-7,15,18,20-22,35H,3-5,8-14,29-30H2,(H2,31,39)(H,36,40)(H,37,41)(H,38,42)(H,43,44)(H4,32,33,34). The molecule has 0 aliphatic carbocycles. The van der Waals surface area contributed by atoms with Crippen molar-refractivity contribution in [1.29, 1.82) is 0 Å². The zero-order chi connectivity index (χ0) is 32.6. The maximum Gasteiger partial charge on any atom is 0.326 e. The minimum absolute atomic E-state index is 0.0128. The summed E-state index contributed by atoms with van der Waals surface area (Å²) >= 11 is 0. The Balaban J connectivity index is 2.21. The summed E-state index contributed by atoms with van der Waals surface area (Å²) in [4.78, 5) is 69.7. The second-order valence-corrected chi connectivity index (χ2v) is 10.4. The van der Waals surface area contributed by atoms with Crippen molar-refractivity contribution in [2.45, 2.75) is 75.5 Å². The van der Waals surface area contributed by atoms with Gasteiger partial charge in [0.25, 0.3) is 0 Å². The maximum absolute atomic E-state index is 13.4. The molecule has 4 unspecified atom stereocenters. The van der Waals surface area contributed by atoms with E-state index in [2.05, 4.69) is 25.9 Å². The monoisotopic (exact) mass is 616 g/mol. The van der Waals surface area contributed by atoms with Gasteiger partial charge in [-0.1, -0.05) is 18.2 Å². The number of carbonyl (C=O) groups excluding carboxylic acids is 4. The van der Waals surface area contributed by atoms with Crippen LogP contribution in [0.5, 0.6) is 0 Å². The average Bonchev–Trinajstić information content (AvgIpc) is 3.38. The normalized spacial score (nSPS) is 13.7. The molecule has 0 fully saturated rings. The van der Waals surface area contributed by atoms with Crippen molar-refractivity contribution in [3.05, 3.63) is 36.0 Å². The van der Waals surface area contributed by atoms with E-state index in [4.69, 9.17) is 28.7 Å². The number of aliphatic carboxylic acids is 1. The van der Waals surface area contributed by atoms with Gasteiger partial charge in [-0.25, -0.2) is 4.79 Å². The number of para-hydroxylation sites is 1. The van der Waals surface area contributed by atoms with E-state index in [1.807, 2.05) is 24.3 Å². The third kappa shape index (κ3) is 11.9. The molecule has 1 aromatic heterocycles. The molecular weight excluding hydrogens is 572 g/mol. The number of amides is 4. The fraction of sp³-hybridized carbons (Fsp3) is 0.500. The Kier molecular flexibility index (Phi) is 14.6. The maximum atomic E-state index is 13.4. The zero-order valence-corrected chi connectivity index (χ0v) is 24.6. The third-order valence-corrected chi connectivity index (χ3v) is 6.91. The van der Waals surface area contributed by atoms with Crippen LogP contribution in [0.3, 0.4) is 0 Å². The molecular formula is C28H44N10O6. The number of carboxylic acids is 1. The van der Waals surface area contributed by atoms with Crippen LogP contribution in [0.2, 0.25) is 0 Å². The number of benzene rings is 1. The van der Waals surface area contributed by atoms with Gasteiger partial charge in [0, 0.05) is 36.5 Å². The van der Waals surface area contributed by atoms with Gasteiger partial charge in [-0.2, -0.15) is 0 Å². The third-order valence-electron chi connectivity index (χ3n) is 6.91. The Hall–Kier alpha value is -4.70. The van der Waals surface area contributed by atoms with Crippen molar-refractivity contribution >= 4 is 46.5 Å². The summed E-state index contributed by atoms with van der Waals surface area (Å²) < 4.78 is 0. The lowest BCUT2D eigenvalue weighted by atomic mass is 10.0. The number of aliphatic imine (C=N–C) groups is 1. The van der Waals surface area contributed by atoms with Gasteiger partial charge >= 0.3 is 5.97 Å². The lowest BCUT2D eigenvalue weighted by Crippen LogP contribution is -2.57. The second-order valence-electron chi connectivity index (χ2n) is 10.4. The van der Waals surface area contributed by atoms with Crippen molar-refractivity contribution in [2.24, 2.45) is 33.7 Å². The van der Waals surface area contributed by atoms with Crippen LogP contribution in [-0.4, -0.2) is 82.9 Å². The number of rotatable bonds is 20. The number of hydrogen-bond donors (Lipinski definition) is 10. The highest BCUT2D eigenvalue weighted by molar-refractivity contribution is 5.94. The number of H-pyrrole nitrogens is 1. The van der Waals surface area contributed by atoms with Crippen molar-refractivity contribution in [3.8, 4) is 0 Å². The van der Waals surface area contributed by atoms with E-state index in [9.17, 15) is 29.1 Å². The van der Waals surface area contributed by atoms with Crippen molar-refractivity contribution in [1.82, 2.24) is 20.9 Å². The Morgan fingerprint density at radius 2 is 1.45 bits per heavy atom. The molecule has 0 saturated carbocycles. The number of nitrogens with two attached hydrogens (primary N) is 5. The molecule has 4 atom stereocenters. The Bertz CT molecular complexity index is 1310. The molecule has 2 aromatic rings. The number of carboxylic acid groups (broad SMARTS) is 1. The highest BCUT2D eigenvalue weighted by Gasteiger charge is 2.30. The van der Waals surface area contributed by atoms with Crippen LogP contribution in [0.1, 0.15) is 50.5 Å². The summed E-state index contributed by atoms with van der Waals surface area (Å²) in [6.07, 6.45) is 3.14. The molecule has 0 bridgehead atoms. The number of aromatic nitrogens is 1. The molecule has 1 heterocycles. The number of nitrogens with zero attached hydrogens (tertiary/aromatic N) is 1. The first kappa shape index (κ1) is 35.5. The lowest BCUT2D eigenvalue weighted by Gasteiger charge is -2.25. The molecule has 0 spiro atoms. The van der Waals surface area contributed by atoms with Crippen LogP contribution >= 0.6 is 0 Å². The van der Waals surface area contributed by atoms with E-state index in [0.29, 0.717) is 24.9 Å². The molecule has 1 aromatic carbocycles. The SMILES string of the molecule is NCCCCC(NC(=O)C(N)CCC(N)=O)C(=O)NC(CCCN=C(N)N)C(=O)NC(Cc1c[nH]c2ccccc12)C(=O)O. The van der Waals surface area contributed by atoms with E-state index < -0.39 is 53.8 Å². The average molecular weight is 617 g/mol. The lowest BCUT2D eigenvalue weighted by molar-refractivity contribution is -0.142. The minimum atomic E-state index is -1.30. The first-order chi connectivity index (χ1) is 20.9. The minimum Gasteiger partial charge on any atom is -0.480 e.